The number of methoxy groups -OCH3 is 2. The summed E-state index contributed by atoms with van der Waals surface area (Å²) in [6.07, 6.45) is 0.782. The van der Waals surface area contributed by atoms with Crippen LogP contribution in [0.5, 0.6) is 11.5 Å². The smallest absolute Gasteiger partial charge is 0.264 e. The number of rotatable bonds is 14. The lowest BCUT2D eigenvalue weighted by Gasteiger charge is -2.09. The van der Waals surface area contributed by atoms with Crippen molar-refractivity contribution in [3.05, 3.63) is 190 Å². The molecule has 12 nitrogen and oxygen atoms in total. The molecule has 63 heavy (non-hydrogen) atoms. The normalized spacial score (nSPS) is 11.3. The molecule has 0 atom stereocenters. The molecule has 0 saturated carbocycles. The van der Waals surface area contributed by atoms with E-state index in [9.17, 15) is 16.8 Å². The van der Waals surface area contributed by atoms with E-state index >= 15 is 0 Å². The molecule has 6 aromatic carbocycles. The van der Waals surface area contributed by atoms with E-state index < -0.39 is 20.0 Å². The number of ether oxygens (including phenoxy) is 2. The van der Waals surface area contributed by atoms with Gasteiger partial charge in [0.25, 0.3) is 20.0 Å². The van der Waals surface area contributed by atoms with Gasteiger partial charge in [-0.1, -0.05) is 138 Å². The molecule has 0 bridgehead atoms. The predicted octanol–water partition coefficient (Wildman–Crippen LogP) is 11.4. The molecule has 0 aliphatic rings. The zero-order chi connectivity index (χ0) is 44.6. The van der Waals surface area contributed by atoms with Crippen molar-refractivity contribution in [3.63, 3.8) is 0 Å². The number of aromatic nitrogens is 2. The van der Waals surface area contributed by atoms with E-state index in [4.69, 9.17) is 53.1 Å². The molecular formula is C46H37Cl3N4O8S2. The summed E-state index contributed by atoms with van der Waals surface area (Å²) in [4.78, 5) is 9.32. The maximum Gasteiger partial charge on any atom is 0.264 e. The molecule has 0 aliphatic carbocycles. The summed E-state index contributed by atoms with van der Waals surface area (Å²) < 4.78 is 78.8. The van der Waals surface area contributed by atoms with Crippen LogP contribution in [0.15, 0.2) is 170 Å². The van der Waals surface area contributed by atoms with Crippen LogP contribution in [0.4, 0.5) is 11.8 Å². The van der Waals surface area contributed by atoms with Gasteiger partial charge in [0.1, 0.15) is 17.1 Å². The highest BCUT2D eigenvalue weighted by molar-refractivity contribution is 7.93. The maximum atomic E-state index is 12.9. The van der Waals surface area contributed by atoms with Crippen LogP contribution in [-0.4, -0.2) is 41.0 Å². The number of anilines is 2. The first kappa shape index (κ1) is 44.8. The first-order valence-electron chi connectivity index (χ1n) is 18.9. The van der Waals surface area contributed by atoms with Crippen LogP contribution in [0, 0.1) is 0 Å². The van der Waals surface area contributed by atoms with Crippen molar-refractivity contribution in [1.82, 2.24) is 9.97 Å². The van der Waals surface area contributed by atoms with Crippen molar-refractivity contribution >= 4 is 66.6 Å². The van der Waals surface area contributed by atoms with Gasteiger partial charge in [-0.2, -0.15) is 0 Å². The zero-order valence-corrected chi connectivity index (χ0v) is 37.4. The molecule has 0 amide bonds. The number of hydrogen-bond donors (Lipinski definition) is 2. The fourth-order valence-electron chi connectivity index (χ4n) is 6.21. The molecule has 17 heteroatoms. The summed E-state index contributed by atoms with van der Waals surface area (Å²) in [7, 11) is -4.81. The van der Waals surface area contributed by atoms with Crippen molar-refractivity contribution in [2.75, 3.05) is 23.7 Å². The highest BCUT2D eigenvalue weighted by atomic mass is 35.5. The van der Waals surface area contributed by atoms with Crippen molar-refractivity contribution in [3.8, 4) is 34.0 Å². The number of nitrogens with one attached hydrogen (secondary N) is 2. The highest BCUT2D eigenvalue weighted by Crippen LogP contribution is 2.40. The number of sulfonamides is 2. The summed E-state index contributed by atoms with van der Waals surface area (Å²) >= 11 is 18.7. The third-order valence-electron chi connectivity index (χ3n) is 9.20. The summed E-state index contributed by atoms with van der Waals surface area (Å²) in [6.45, 7) is 0. The minimum absolute atomic E-state index is 0.0270. The van der Waals surface area contributed by atoms with Gasteiger partial charge in [0.05, 0.1) is 39.1 Å². The Bertz CT molecular complexity index is 3020. The number of hydrogen-bond acceptors (Lipinski definition) is 10. The van der Waals surface area contributed by atoms with E-state index in [0.717, 1.165) is 11.1 Å². The van der Waals surface area contributed by atoms with Gasteiger partial charge in [-0.3, -0.25) is 0 Å². The monoisotopic (exact) mass is 942 g/mol. The molecule has 322 valence electrons. The average Bonchev–Trinajstić information content (AvgIpc) is 3.87. The topological polar surface area (TPSA) is 163 Å². The summed E-state index contributed by atoms with van der Waals surface area (Å²) in [5.41, 5.74) is 3.65. The summed E-state index contributed by atoms with van der Waals surface area (Å²) in [6, 6.07) is 43.6. The molecule has 2 heterocycles. The van der Waals surface area contributed by atoms with E-state index in [1.54, 1.807) is 66.7 Å². The lowest BCUT2D eigenvalue weighted by atomic mass is 10.1. The number of nitrogens with zero attached hydrogens (tertiary/aromatic N) is 2. The molecule has 8 aromatic rings. The molecule has 8 rings (SSSR count). The van der Waals surface area contributed by atoms with Crippen molar-refractivity contribution < 1.29 is 35.1 Å². The Morgan fingerprint density at radius 2 is 0.921 bits per heavy atom. The minimum Gasteiger partial charge on any atom is -0.495 e. The minimum atomic E-state index is -3.91. The number of benzene rings is 6. The third kappa shape index (κ3) is 11.0. The molecular weight excluding hydrogens is 907 g/mol. The largest absolute Gasteiger partial charge is 0.495 e. The second kappa shape index (κ2) is 19.8. The van der Waals surface area contributed by atoms with E-state index in [1.165, 1.54) is 38.5 Å². The summed E-state index contributed by atoms with van der Waals surface area (Å²) in [5.74, 6) is 1.47. The fraction of sp³-hybridized carbons (Fsp3) is 0.0870. The van der Waals surface area contributed by atoms with Crippen LogP contribution in [-0.2, 0) is 32.9 Å². The Morgan fingerprint density at radius 1 is 0.508 bits per heavy atom. The Labute approximate surface area is 379 Å². The summed E-state index contributed by atoms with van der Waals surface area (Å²) in [5, 5.41) is 0.963. The fourth-order valence-corrected chi connectivity index (χ4v) is 9.08. The highest BCUT2D eigenvalue weighted by Gasteiger charge is 2.25. The van der Waals surface area contributed by atoms with Crippen LogP contribution in [0.25, 0.3) is 22.5 Å². The average molecular weight is 944 g/mol. The third-order valence-corrected chi connectivity index (χ3v) is 12.8. The predicted molar refractivity (Wildman–Crippen MR) is 245 cm³/mol. The number of oxazole rings is 2. The van der Waals surface area contributed by atoms with Gasteiger partial charge in [-0.15, -0.1) is 0 Å². The maximum absolute atomic E-state index is 12.9. The molecule has 0 aliphatic heterocycles. The molecule has 2 aromatic heterocycles. The Hall–Kier alpha value is -6.29. The van der Waals surface area contributed by atoms with Gasteiger partial charge in [-0.05, 0) is 59.7 Å². The van der Waals surface area contributed by atoms with Crippen LogP contribution in [0.2, 0.25) is 15.1 Å². The quantitative estimate of drug-likeness (QED) is 0.107. The Balaban J connectivity index is 0.000000189. The Morgan fingerprint density at radius 3 is 1.33 bits per heavy atom. The van der Waals surface area contributed by atoms with Crippen LogP contribution >= 0.6 is 34.8 Å². The van der Waals surface area contributed by atoms with Gasteiger partial charge in [0.2, 0.25) is 23.5 Å². The molecule has 0 spiro atoms. The van der Waals surface area contributed by atoms with Gasteiger partial charge in [0.15, 0.2) is 5.75 Å². The van der Waals surface area contributed by atoms with Gasteiger partial charge >= 0.3 is 0 Å². The molecule has 0 saturated heterocycles. The number of halogens is 3. The lowest BCUT2D eigenvalue weighted by Crippen LogP contribution is -2.13. The lowest BCUT2D eigenvalue weighted by molar-refractivity contribution is 0.415. The standard InChI is InChI=1S/C23H18Cl2N2O4S.C23H19ClN2O4S/c1-30-22-18(24)13-16(14-19(22)25)21-23(27-32(28,29)17-10-6-3-7-11-17)31-20(26-21)12-15-8-4-2-5-9-15;1-29-20-15-17(12-13-19(20)24)22-23(26-31(27,28)18-10-6-3-7-11-18)30-21(25-22)14-16-8-4-2-5-9-16/h2-11,13-14,27H,12H2,1H3;2-13,15,26H,14H2,1H3. The van der Waals surface area contributed by atoms with E-state index in [0.29, 0.717) is 58.0 Å². The molecule has 2 N–H and O–H groups in total. The second-order valence-electron chi connectivity index (χ2n) is 13.6. The van der Waals surface area contributed by atoms with Crippen LogP contribution in [0.1, 0.15) is 22.9 Å². The van der Waals surface area contributed by atoms with E-state index in [1.807, 2.05) is 60.7 Å². The van der Waals surface area contributed by atoms with Crippen LogP contribution in [0.3, 0.4) is 0 Å². The first-order chi connectivity index (χ1) is 30.3. The molecule has 0 radical (unpaired) electrons. The second-order valence-corrected chi connectivity index (χ2v) is 18.1. The van der Waals surface area contributed by atoms with Gasteiger partial charge in [0, 0.05) is 24.0 Å². The van der Waals surface area contributed by atoms with Crippen LogP contribution < -0.4 is 18.9 Å². The first-order valence-corrected chi connectivity index (χ1v) is 23.0. The van der Waals surface area contributed by atoms with Crippen molar-refractivity contribution in [2.45, 2.75) is 22.6 Å². The van der Waals surface area contributed by atoms with E-state index in [2.05, 4.69) is 19.4 Å². The van der Waals surface area contributed by atoms with Crippen molar-refractivity contribution in [1.29, 1.82) is 0 Å². The Kier molecular flexibility index (Phi) is 14.1. The van der Waals surface area contributed by atoms with Gasteiger partial charge in [-0.25, -0.2) is 36.2 Å². The van der Waals surface area contributed by atoms with Gasteiger partial charge < -0.3 is 18.3 Å². The molecule has 0 unspecified atom stereocenters. The van der Waals surface area contributed by atoms with Crippen molar-refractivity contribution in [2.24, 2.45) is 0 Å². The SMILES string of the molecule is COc1c(Cl)cc(-c2nc(Cc3ccccc3)oc2NS(=O)(=O)c2ccccc2)cc1Cl.COc1cc(-c2nc(Cc3ccccc3)oc2NS(=O)(=O)c2ccccc2)ccc1Cl. The molecule has 0 fully saturated rings. The zero-order valence-electron chi connectivity index (χ0n) is 33.5. The van der Waals surface area contributed by atoms with E-state index in [-0.39, 0.29) is 37.3 Å².